The number of hydrogen-bond donors (Lipinski definition) is 1. The topological polar surface area (TPSA) is 114 Å². The monoisotopic (exact) mass is 651 g/mol. The number of carbonyl (C=O) groups excluding carboxylic acids is 1. The molecule has 264 valence electrons. The zero-order valence-electron chi connectivity index (χ0n) is 29.1. The Morgan fingerprint density at radius 1 is 0.659 bits per heavy atom. The van der Waals surface area contributed by atoms with Gasteiger partial charge < -0.3 is 23.2 Å². The van der Waals surface area contributed by atoms with Crippen LogP contribution >= 0.6 is 7.82 Å². The van der Waals surface area contributed by atoms with Crippen molar-refractivity contribution in [2.24, 2.45) is 0 Å². The number of hydrogen-bond acceptors (Lipinski definition) is 8. The largest absolute Gasteiger partial charge is 0.756 e. The molecule has 0 bridgehead atoms. The van der Waals surface area contributed by atoms with Crippen molar-refractivity contribution in [3.8, 4) is 0 Å². The summed E-state index contributed by atoms with van der Waals surface area (Å²) in [4.78, 5) is 28.0. The summed E-state index contributed by atoms with van der Waals surface area (Å²) in [6, 6.07) is 0. The molecule has 9 nitrogen and oxygen atoms in total. The Labute approximate surface area is 270 Å². The lowest BCUT2D eigenvalue weighted by Crippen LogP contribution is -2.37. The van der Waals surface area contributed by atoms with Crippen LogP contribution in [0.5, 0.6) is 0 Å². The Bertz CT molecular complexity index is 689. The Hall–Kier alpha value is -0.540. The van der Waals surface area contributed by atoms with Crippen LogP contribution < -0.4 is 4.89 Å². The predicted octanol–water partition coefficient (Wildman–Crippen LogP) is 8.98. The van der Waals surface area contributed by atoms with E-state index < -0.39 is 26.5 Å². The summed E-state index contributed by atoms with van der Waals surface area (Å²) in [6.45, 7) is 1.93. The molecular weight excluding hydrogens is 581 g/mol. The summed E-state index contributed by atoms with van der Waals surface area (Å²) in [5.74, 6) is -0.403. The van der Waals surface area contributed by atoms with Gasteiger partial charge in [0.25, 0.3) is 7.82 Å². The fourth-order valence-corrected chi connectivity index (χ4v) is 5.79. The summed E-state index contributed by atoms with van der Waals surface area (Å²) in [5.41, 5.74) is 0. The van der Waals surface area contributed by atoms with Crippen LogP contribution in [0.2, 0.25) is 0 Å². The minimum atomic E-state index is -4.54. The van der Waals surface area contributed by atoms with E-state index in [2.05, 4.69) is 11.8 Å². The predicted molar refractivity (Wildman–Crippen MR) is 177 cm³/mol. The van der Waals surface area contributed by atoms with Gasteiger partial charge in [0.15, 0.2) is 6.10 Å². The quantitative estimate of drug-likeness (QED) is 0.0183. The maximum Gasteiger partial charge on any atom is 0.305 e. The van der Waals surface area contributed by atoms with Crippen LogP contribution in [0.4, 0.5) is 0 Å². The van der Waals surface area contributed by atoms with E-state index in [1.807, 2.05) is 21.1 Å². The van der Waals surface area contributed by atoms with E-state index in [0.29, 0.717) is 11.0 Å². The molecule has 0 aliphatic carbocycles. The number of unbranched alkanes of at least 4 members (excludes halogenated alkanes) is 22. The van der Waals surface area contributed by atoms with Gasteiger partial charge in [-0.05, 0) is 6.42 Å². The Morgan fingerprint density at radius 2 is 1.05 bits per heavy atom. The second kappa shape index (κ2) is 29.8. The van der Waals surface area contributed by atoms with Gasteiger partial charge in [-0.15, -0.1) is 0 Å². The van der Waals surface area contributed by atoms with Crippen molar-refractivity contribution in [1.29, 1.82) is 0 Å². The van der Waals surface area contributed by atoms with Gasteiger partial charge in [-0.2, -0.15) is 0 Å². The molecule has 2 atom stereocenters. The molecule has 0 saturated heterocycles. The van der Waals surface area contributed by atoms with E-state index >= 15 is 0 Å². The van der Waals surface area contributed by atoms with E-state index in [1.165, 1.54) is 128 Å². The number of esters is 1. The van der Waals surface area contributed by atoms with Crippen LogP contribution in [0.15, 0.2) is 0 Å². The third-order valence-electron chi connectivity index (χ3n) is 7.99. The van der Waals surface area contributed by atoms with Crippen LogP contribution in [-0.4, -0.2) is 69.3 Å². The van der Waals surface area contributed by atoms with Crippen LogP contribution in [0.25, 0.3) is 0 Å². The molecule has 1 unspecified atom stereocenters. The van der Waals surface area contributed by atoms with Crippen molar-refractivity contribution in [2.75, 3.05) is 47.5 Å². The molecule has 0 saturated carbocycles. The molecule has 0 radical (unpaired) electrons. The molecule has 0 aromatic heterocycles. The van der Waals surface area contributed by atoms with Crippen molar-refractivity contribution in [1.82, 2.24) is 0 Å². The van der Waals surface area contributed by atoms with Gasteiger partial charge in [0, 0.05) is 6.42 Å². The molecule has 0 heterocycles. The average molecular weight is 652 g/mol. The van der Waals surface area contributed by atoms with Gasteiger partial charge in [0.2, 0.25) is 0 Å². The second-order valence-corrected chi connectivity index (χ2v) is 14.9. The number of ether oxygens (including phenoxy) is 1. The SMILES string of the molecule is CCCCCCCCCCCCCCCCCCCCCCCCCC(=O)OC[C@H](COP(=O)([O-])OCC[N+](C)(C)C)OO. The van der Waals surface area contributed by atoms with Gasteiger partial charge in [-0.1, -0.05) is 148 Å². The number of carbonyl (C=O) groups is 1. The van der Waals surface area contributed by atoms with E-state index in [9.17, 15) is 14.3 Å². The van der Waals surface area contributed by atoms with Gasteiger partial charge in [0.05, 0.1) is 27.7 Å². The van der Waals surface area contributed by atoms with Crippen molar-refractivity contribution >= 4 is 13.8 Å². The van der Waals surface area contributed by atoms with E-state index in [1.54, 1.807) is 0 Å². The molecule has 0 rings (SSSR count). The van der Waals surface area contributed by atoms with Crippen LogP contribution in [0.3, 0.4) is 0 Å². The highest BCUT2D eigenvalue weighted by Crippen LogP contribution is 2.38. The third kappa shape index (κ3) is 32.8. The maximum absolute atomic E-state index is 12.0. The first kappa shape index (κ1) is 43.5. The van der Waals surface area contributed by atoms with Crippen molar-refractivity contribution < 1.29 is 42.7 Å². The molecule has 0 amide bonds. The zero-order chi connectivity index (χ0) is 32.8. The zero-order valence-corrected chi connectivity index (χ0v) is 30.0. The van der Waals surface area contributed by atoms with Gasteiger partial charge in [0.1, 0.15) is 19.8 Å². The van der Waals surface area contributed by atoms with Crippen molar-refractivity contribution in [2.45, 2.75) is 167 Å². The number of nitrogens with zero attached hydrogens (tertiary/aromatic N) is 1. The average Bonchev–Trinajstić information content (AvgIpc) is 2.96. The van der Waals surface area contributed by atoms with Crippen molar-refractivity contribution in [3.05, 3.63) is 0 Å². The highest BCUT2D eigenvalue weighted by atomic mass is 31.2. The number of phosphoric acid groups is 1. The highest BCUT2D eigenvalue weighted by Gasteiger charge is 2.19. The number of rotatable bonds is 34. The minimum absolute atomic E-state index is 0.0243. The minimum Gasteiger partial charge on any atom is -0.756 e. The fraction of sp³-hybridized carbons (Fsp3) is 0.971. The van der Waals surface area contributed by atoms with Crippen LogP contribution in [0.1, 0.15) is 161 Å². The third-order valence-corrected chi connectivity index (χ3v) is 8.96. The van der Waals surface area contributed by atoms with E-state index in [-0.39, 0.29) is 19.6 Å². The second-order valence-electron chi connectivity index (χ2n) is 13.5. The Morgan fingerprint density at radius 3 is 1.41 bits per heavy atom. The highest BCUT2D eigenvalue weighted by molar-refractivity contribution is 7.45. The number of quaternary nitrogens is 1. The molecule has 0 aromatic rings. The van der Waals surface area contributed by atoms with Gasteiger partial charge in [-0.25, -0.2) is 4.89 Å². The maximum atomic E-state index is 12.0. The first-order valence-corrected chi connectivity index (χ1v) is 19.4. The van der Waals surface area contributed by atoms with Crippen LogP contribution in [0, 0.1) is 0 Å². The molecule has 44 heavy (non-hydrogen) atoms. The normalized spacial score (nSPS) is 14.0. The smallest absolute Gasteiger partial charge is 0.305 e. The first-order valence-electron chi connectivity index (χ1n) is 18.0. The summed E-state index contributed by atoms with van der Waals surface area (Å²) < 4.78 is 27.0. The summed E-state index contributed by atoms with van der Waals surface area (Å²) in [5, 5.41) is 8.98. The first-order chi connectivity index (χ1) is 21.1. The van der Waals surface area contributed by atoms with Gasteiger partial charge in [-0.3, -0.25) is 14.6 Å². The standard InChI is InChI=1S/C34H70NO8P/c1-5-6-7-8-9-10-11-12-13-14-15-16-17-18-19-20-21-22-23-24-25-26-27-28-34(36)40-31-33(43-37)32-42-44(38,39)41-30-29-35(2,3)4/h33H,5-32H2,1-4H3,(H-,37,38,39)/t33-/m1/s1. The van der Waals surface area contributed by atoms with Crippen molar-refractivity contribution in [3.63, 3.8) is 0 Å². The Balaban J connectivity index is 3.47. The molecule has 0 aromatic carbocycles. The molecule has 0 fully saturated rings. The summed E-state index contributed by atoms with van der Waals surface area (Å²) >= 11 is 0. The molecular formula is C34H70NO8P. The molecule has 0 aliphatic rings. The van der Waals surface area contributed by atoms with E-state index in [0.717, 1.165) is 19.3 Å². The number of likely N-dealkylation sites (N-methyl/N-ethyl adjacent to an activating group) is 1. The van der Waals surface area contributed by atoms with Crippen LogP contribution in [-0.2, 0) is 28.0 Å². The fourth-order valence-electron chi connectivity index (χ4n) is 5.06. The molecule has 0 aliphatic heterocycles. The lowest BCUT2D eigenvalue weighted by atomic mass is 10.0. The van der Waals surface area contributed by atoms with Gasteiger partial charge >= 0.3 is 5.97 Å². The number of phosphoric ester groups is 1. The lowest BCUT2D eigenvalue weighted by molar-refractivity contribution is -0.870. The summed E-state index contributed by atoms with van der Waals surface area (Å²) in [6.07, 6.45) is 29.6. The molecule has 10 heteroatoms. The summed E-state index contributed by atoms with van der Waals surface area (Å²) in [7, 11) is 1.19. The molecule has 1 N–H and O–H groups in total. The van der Waals surface area contributed by atoms with E-state index in [4.69, 9.17) is 19.0 Å². The lowest BCUT2D eigenvalue weighted by Gasteiger charge is -2.27. The Kier molecular flexibility index (Phi) is 29.5. The molecule has 0 spiro atoms.